The number of hydrogen-bond acceptors (Lipinski definition) is 2. The highest BCUT2D eigenvalue weighted by atomic mass is 35.5. The van der Waals surface area contributed by atoms with Crippen molar-refractivity contribution in [1.29, 1.82) is 0 Å². The lowest BCUT2D eigenvalue weighted by atomic mass is 10.0. The molecule has 0 aromatic heterocycles. The molecular formula is C17H17ClN2O. The Morgan fingerprint density at radius 2 is 1.71 bits per heavy atom. The van der Waals surface area contributed by atoms with Gasteiger partial charge in [0, 0.05) is 10.6 Å². The van der Waals surface area contributed by atoms with Crippen LogP contribution in [-0.4, -0.2) is 11.6 Å². The zero-order valence-electron chi connectivity index (χ0n) is 12.0. The standard InChI is InChI=1S/C17H17ClN2O/c1-12(2)16(13-7-4-3-5-8-13)19-20-17(21)14-9-6-10-15(18)11-14/h3-12H,1-2H3,(H,20,21)/b19-16+. The van der Waals surface area contributed by atoms with E-state index in [9.17, 15) is 4.79 Å². The third-order valence-corrected chi connectivity index (χ3v) is 3.22. The van der Waals surface area contributed by atoms with Crippen LogP contribution in [0.2, 0.25) is 5.02 Å². The van der Waals surface area contributed by atoms with Crippen molar-refractivity contribution in [3.8, 4) is 0 Å². The lowest BCUT2D eigenvalue weighted by Crippen LogP contribution is -2.22. The van der Waals surface area contributed by atoms with Gasteiger partial charge in [-0.2, -0.15) is 5.10 Å². The van der Waals surface area contributed by atoms with E-state index >= 15 is 0 Å². The Bertz CT molecular complexity index is 651. The van der Waals surface area contributed by atoms with Crippen LogP contribution in [0, 0.1) is 5.92 Å². The Hall–Kier alpha value is -2.13. The molecule has 2 rings (SSSR count). The van der Waals surface area contributed by atoms with Gasteiger partial charge in [-0.25, -0.2) is 5.43 Å². The van der Waals surface area contributed by atoms with Gasteiger partial charge >= 0.3 is 0 Å². The van der Waals surface area contributed by atoms with Gasteiger partial charge in [0.15, 0.2) is 0 Å². The Labute approximate surface area is 129 Å². The normalized spacial score (nSPS) is 11.5. The lowest BCUT2D eigenvalue weighted by Gasteiger charge is -2.10. The Kier molecular flexibility index (Phi) is 5.12. The number of nitrogens with zero attached hydrogens (tertiary/aromatic N) is 1. The summed E-state index contributed by atoms with van der Waals surface area (Å²) in [6, 6.07) is 16.6. The maximum Gasteiger partial charge on any atom is 0.271 e. The van der Waals surface area contributed by atoms with Crippen molar-refractivity contribution in [2.75, 3.05) is 0 Å². The maximum absolute atomic E-state index is 12.1. The highest BCUT2D eigenvalue weighted by Gasteiger charge is 2.10. The van der Waals surface area contributed by atoms with Crippen LogP contribution in [0.25, 0.3) is 0 Å². The molecule has 3 nitrogen and oxygen atoms in total. The molecule has 0 atom stereocenters. The molecule has 0 unspecified atom stereocenters. The van der Waals surface area contributed by atoms with Gasteiger partial charge in [0.1, 0.15) is 0 Å². The smallest absolute Gasteiger partial charge is 0.267 e. The second kappa shape index (κ2) is 7.04. The third-order valence-electron chi connectivity index (χ3n) is 2.98. The molecule has 0 saturated carbocycles. The first-order valence-electron chi connectivity index (χ1n) is 6.77. The first-order valence-corrected chi connectivity index (χ1v) is 7.14. The van der Waals surface area contributed by atoms with Crippen molar-refractivity contribution in [2.45, 2.75) is 13.8 Å². The van der Waals surface area contributed by atoms with Gasteiger partial charge in [-0.1, -0.05) is 61.8 Å². The summed E-state index contributed by atoms with van der Waals surface area (Å²) in [6.45, 7) is 4.08. The number of rotatable bonds is 4. The molecule has 108 valence electrons. The molecule has 0 aliphatic carbocycles. The SMILES string of the molecule is CC(C)/C(=N\NC(=O)c1cccc(Cl)c1)c1ccccc1. The van der Waals surface area contributed by atoms with Crippen LogP contribution in [0.1, 0.15) is 29.8 Å². The topological polar surface area (TPSA) is 41.5 Å². The zero-order chi connectivity index (χ0) is 15.2. The predicted molar refractivity (Wildman–Crippen MR) is 86.7 cm³/mol. The van der Waals surface area contributed by atoms with Crippen LogP contribution in [0.5, 0.6) is 0 Å². The Morgan fingerprint density at radius 1 is 1.05 bits per heavy atom. The van der Waals surface area contributed by atoms with Crippen molar-refractivity contribution in [2.24, 2.45) is 11.0 Å². The van der Waals surface area contributed by atoms with Gasteiger partial charge in [-0.05, 0) is 29.7 Å². The molecule has 0 bridgehead atoms. The van der Waals surface area contributed by atoms with Crippen molar-refractivity contribution >= 4 is 23.2 Å². The molecule has 1 N–H and O–H groups in total. The lowest BCUT2D eigenvalue weighted by molar-refractivity contribution is 0.0954. The molecule has 21 heavy (non-hydrogen) atoms. The van der Waals surface area contributed by atoms with E-state index in [1.807, 2.05) is 44.2 Å². The number of nitrogens with one attached hydrogen (secondary N) is 1. The van der Waals surface area contributed by atoms with E-state index in [-0.39, 0.29) is 11.8 Å². The molecule has 2 aromatic rings. The quantitative estimate of drug-likeness (QED) is 0.669. The number of carbonyl (C=O) groups excluding carboxylic acids is 1. The summed E-state index contributed by atoms with van der Waals surface area (Å²) < 4.78 is 0. The predicted octanol–water partition coefficient (Wildman–Crippen LogP) is 4.13. The summed E-state index contributed by atoms with van der Waals surface area (Å²) in [5, 5.41) is 4.80. The van der Waals surface area contributed by atoms with Gasteiger partial charge in [-0.3, -0.25) is 4.79 Å². The molecule has 0 fully saturated rings. The minimum atomic E-state index is -0.272. The summed E-state index contributed by atoms with van der Waals surface area (Å²) in [7, 11) is 0. The van der Waals surface area contributed by atoms with Crippen molar-refractivity contribution in [3.63, 3.8) is 0 Å². The number of halogens is 1. The average Bonchev–Trinajstić information content (AvgIpc) is 2.48. The fraction of sp³-hybridized carbons (Fsp3) is 0.176. The minimum absolute atomic E-state index is 0.201. The van der Waals surface area contributed by atoms with E-state index in [4.69, 9.17) is 11.6 Å². The van der Waals surface area contributed by atoms with Crippen LogP contribution in [0.3, 0.4) is 0 Å². The molecule has 4 heteroatoms. The average molecular weight is 301 g/mol. The summed E-state index contributed by atoms with van der Waals surface area (Å²) in [5.74, 6) is -0.0707. The van der Waals surface area contributed by atoms with E-state index in [1.165, 1.54) is 0 Å². The molecule has 0 aliphatic heterocycles. The molecule has 0 heterocycles. The highest BCUT2D eigenvalue weighted by Crippen LogP contribution is 2.11. The summed E-state index contributed by atoms with van der Waals surface area (Å²) >= 11 is 5.88. The number of carbonyl (C=O) groups is 1. The van der Waals surface area contributed by atoms with Crippen molar-refractivity contribution in [3.05, 3.63) is 70.7 Å². The second-order valence-corrected chi connectivity index (χ2v) is 5.41. The molecule has 2 aromatic carbocycles. The first kappa shape index (κ1) is 15.3. The van der Waals surface area contributed by atoms with Crippen LogP contribution in [0.4, 0.5) is 0 Å². The van der Waals surface area contributed by atoms with Crippen LogP contribution in [-0.2, 0) is 0 Å². The maximum atomic E-state index is 12.1. The Balaban J connectivity index is 2.19. The van der Waals surface area contributed by atoms with Crippen LogP contribution < -0.4 is 5.43 Å². The number of hydrazone groups is 1. The number of benzene rings is 2. The summed E-state index contributed by atoms with van der Waals surface area (Å²) in [4.78, 5) is 12.1. The fourth-order valence-corrected chi connectivity index (χ4v) is 2.13. The van der Waals surface area contributed by atoms with Gasteiger partial charge in [0.05, 0.1) is 5.71 Å². The second-order valence-electron chi connectivity index (χ2n) is 4.97. The zero-order valence-corrected chi connectivity index (χ0v) is 12.8. The van der Waals surface area contributed by atoms with Gasteiger partial charge in [0.25, 0.3) is 5.91 Å². The van der Waals surface area contributed by atoms with Gasteiger partial charge in [0.2, 0.25) is 0 Å². The molecule has 1 amide bonds. The van der Waals surface area contributed by atoms with Gasteiger partial charge in [-0.15, -0.1) is 0 Å². The third kappa shape index (κ3) is 4.17. The number of hydrogen-bond donors (Lipinski definition) is 1. The fourth-order valence-electron chi connectivity index (χ4n) is 1.94. The number of amides is 1. The van der Waals surface area contributed by atoms with E-state index in [1.54, 1.807) is 24.3 Å². The van der Waals surface area contributed by atoms with E-state index in [2.05, 4.69) is 10.5 Å². The summed E-state index contributed by atoms with van der Waals surface area (Å²) in [5.41, 5.74) is 4.92. The molecular weight excluding hydrogens is 284 g/mol. The van der Waals surface area contributed by atoms with E-state index < -0.39 is 0 Å². The Morgan fingerprint density at radius 3 is 2.33 bits per heavy atom. The monoisotopic (exact) mass is 300 g/mol. The molecule has 0 spiro atoms. The van der Waals surface area contributed by atoms with E-state index in [0.29, 0.717) is 10.6 Å². The van der Waals surface area contributed by atoms with Crippen LogP contribution in [0.15, 0.2) is 59.7 Å². The highest BCUT2D eigenvalue weighted by molar-refractivity contribution is 6.30. The molecule has 0 saturated heterocycles. The largest absolute Gasteiger partial charge is 0.271 e. The van der Waals surface area contributed by atoms with Crippen molar-refractivity contribution < 1.29 is 4.79 Å². The first-order chi connectivity index (χ1) is 10.1. The van der Waals surface area contributed by atoms with Gasteiger partial charge < -0.3 is 0 Å². The minimum Gasteiger partial charge on any atom is -0.267 e. The summed E-state index contributed by atoms with van der Waals surface area (Å²) in [6.07, 6.45) is 0. The van der Waals surface area contributed by atoms with Crippen molar-refractivity contribution in [1.82, 2.24) is 5.43 Å². The van der Waals surface area contributed by atoms with Crippen LogP contribution >= 0.6 is 11.6 Å². The molecule has 0 radical (unpaired) electrons. The molecule has 0 aliphatic rings. The van der Waals surface area contributed by atoms with E-state index in [0.717, 1.165) is 11.3 Å².